The largest absolute Gasteiger partial charge is 0.227 e. The van der Waals surface area contributed by atoms with Crippen LogP contribution in [0.3, 0.4) is 0 Å². The molecule has 0 saturated heterocycles. The lowest BCUT2D eigenvalue weighted by molar-refractivity contribution is 0.803. The van der Waals surface area contributed by atoms with Crippen LogP contribution in [0.25, 0.3) is 5.69 Å². The molecule has 1 aromatic heterocycles. The van der Waals surface area contributed by atoms with Crippen LogP contribution < -0.4 is 0 Å². The van der Waals surface area contributed by atoms with Gasteiger partial charge >= 0.3 is 0 Å². The fourth-order valence-corrected chi connectivity index (χ4v) is 2.64. The Morgan fingerprint density at radius 3 is 2.17 bits per heavy atom. The highest BCUT2D eigenvalue weighted by molar-refractivity contribution is 7.99. The van der Waals surface area contributed by atoms with Crippen LogP contribution in [0.1, 0.15) is 0 Å². The molecule has 0 radical (unpaired) electrons. The van der Waals surface area contributed by atoms with Crippen molar-refractivity contribution in [3.8, 4) is 5.69 Å². The smallest absolute Gasteiger partial charge is 0.105 e. The maximum atomic E-state index is 4.38. The van der Waals surface area contributed by atoms with E-state index in [1.54, 1.807) is 11.8 Å². The highest BCUT2D eigenvalue weighted by atomic mass is 32.2. The van der Waals surface area contributed by atoms with Gasteiger partial charge in [-0.3, -0.25) is 0 Å². The van der Waals surface area contributed by atoms with Crippen molar-refractivity contribution in [2.45, 2.75) is 9.92 Å². The molecule has 0 aliphatic heterocycles. The standard InChI is InChI=1S/C15H12N2S/c1-3-7-13(8-4-1)17-15(11-12-16-17)18-14-9-5-2-6-10-14/h1-12H. The Morgan fingerprint density at radius 2 is 1.44 bits per heavy atom. The normalized spacial score (nSPS) is 10.4. The predicted octanol–water partition coefficient (Wildman–Crippen LogP) is 4.02. The third-order valence-corrected chi connectivity index (χ3v) is 3.60. The summed E-state index contributed by atoms with van der Waals surface area (Å²) in [5.74, 6) is 0. The Bertz CT molecular complexity index is 617. The van der Waals surface area contributed by atoms with Crippen LogP contribution >= 0.6 is 11.8 Å². The molecule has 2 aromatic carbocycles. The van der Waals surface area contributed by atoms with Gasteiger partial charge < -0.3 is 0 Å². The van der Waals surface area contributed by atoms with Crippen LogP contribution in [0, 0.1) is 0 Å². The molecule has 88 valence electrons. The van der Waals surface area contributed by atoms with E-state index in [1.807, 2.05) is 53.3 Å². The summed E-state index contributed by atoms with van der Waals surface area (Å²) in [6.45, 7) is 0. The molecular weight excluding hydrogens is 240 g/mol. The zero-order chi connectivity index (χ0) is 12.2. The summed E-state index contributed by atoms with van der Waals surface area (Å²) in [5.41, 5.74) is 1.08. The molecule has 0 aliphatic carbocycles. The van der Waals surface area contributed by atoms with Crippen molar-refractivity contribution in [1.29, 1.82) is 0 Å². The zero-order valence-electron chi connectivity index (χ0n) is 9.73. The lowest BCUT2D eigenvalue weighted by Crippen LogP contribution is -1.96. The predicted molar refractivity (Wildman–Crippen MR) is 74.1 cm³/mol. The number of hydrogen-bond acceptors (Lipinski definition) is 2. The first kappa shape index (κ1) is 11.1. The minimum Gasteiger partial charge on any atom is -0.227 e. The second kappa shape index (κ2) is 5.10. The summed E-state index contributed by atoms with van der Waals surface area (Å²) in [6, 6.07) is 22.5. The number of para-hydroxylation sites is 1. The quantitative estimate of drug-likeness (QED) is 0.700. The average Bonchev–Trinajstić information content (AvgIpc) is 2.89. The van der Waals surface area contributed by atoms with Crippen molar-refractivity contribution in [2.24, 2.45) is 0 Å². The van der Waals surface area contributed by atoms with Crippen LogP contribution in [-0.4, -0.2) is 9.78 Å². The Labute approximate surface area is 110 Å². The molecule has 0 spiro atoms. The van der Waals surface area contributed by atoms with Gasteiger partial charge in [0.2, 0.25) is 0 Å². The second-order valence-electron chi connectivity index (χ2n) is 3.83. The van der Waals surface area contributed by atoms with Gasteiger partial charge in [-0.1, -0.05) is 48.2 Å². The van der Waals surface area contributed by atoms with Gasteiger partial charge in [0.1, 0.15) is 5.03 Å². The van der Waals surface area contributed by atoms with Crippen LogP contribution in [0.5, 0.6) is 0 Å². The van der Waals surface area contributed by atoms with Crippen LogP contribution in [0.15, 0.2) is 82.8 Å². The molecule has 0 saturated carbocycles. The first-order valence-electron chi connectivity index (χ1n) is 5.76. The molecule has 18 heavy (non-hydrogen) atoms. The van der Waals surface area contributed by atoms with Gasteiger partial charge in [0.05, 0.1) is 11.9 Å². The monoisotopic (exact) mass is 252 g/mol. The van der Waals surface area contributed by atoms with Crippen molar-refractivity contribution in [2.75, 3.05) is 0 Å². The van der Waals surface area contributed by atoms with Crippen molar-refractivity contribution < 1.29 is 0 Å². The minimum absolute atomic E-state index is 1.08. The second-order valence-corrected chi connectivity index (χ2v) is 4.93. The molecule has 3 aromatic rings. The Balaban J connectivity index is 1.93. The van der Waals surface area contributed by atoms with E-state index in [0.29, 0.717) is 0 Å². The van der Waals surface area contributed by atoms with Crippen molar-refractivity contribution >= 4 is 11.8 Å². The van der Waals surface area contributed by atoms with Gasteiger partial charge in [-0.2, -0.15) is 5.10 Å². The molecule has 1 heterocycles. The van der Waals surface area contributed by atoms with Gasteiger partial charge in [-0.25, -0.2) is 4.68 Å². The van der Waals surface area contributed by atoms with Crippen LogP contribution in [0.4, 0.5) is 0 Å². The van der Waals surface area contributed by atoms with Gasteiger partial charge in [-0.05, 0) is 30.3 Å². The summed E-state index contributed by atoms with van der Waals surface area (Å²) < 4.78 is 1.96. The molecule has 0 aliphatic rings. The fraction of sp³-hybridized carbons (Fsp3) is 0. The third kappa shape index (κ3) is 2.31. The zero-order valence-corrected chi connectivity index (χ0v) is 10.5. The molecule has 0 N–H and O–H groups in total. The van der Waals surface area contributed by atoms with E-state index in [2.05, 4.69) is 29.4 Å². The summed E-state index contributed by atoms with van der Waals surface area (Å²) in [6.07, 6.45) is 1.83. The summed E-state index contributed by atoms with van der Waals surface area (Å²) in [5, 5.41) is 5.50. The Morgan fingerprint density at radius 1 is 0.778 bits per heavy atom. The van der Waals surface area contributed by atoms with E-state index in [1.165, 1.54) is 4.90 Å². The van der Waals surface area contributed by atoms with Gasteiger partial charge in [-0.15, -0.1) is 0 Å². The van der Waals surface area contributed by atoms with Crippen molar-refractivity contribution in [3.05, 3.63) is 72.9 Å². The van der Waals surface area contributed by atoms with Crippen LogP contribution in [-0.2, 0) is 0 Å². The average molecular weight is 252 g/mol. The van der Waals surface area contributed by atoms with E-state index in [4.69, 9.17) is 0 Å². The van der Waals surface area contributed by atoms with Crippen molar-refractivity contribution in [1.82, 2.24) is 9.78 Å². The van der Waals surface area contributed by atoms with E-state index in [9.17, 15) is 0 Å². The summed E-state index contributed by atoms with van der Waals surface area (Å²) >= 11 is 1.72. The molecule has 0 fully saturated rings. The third-order valence-electron chi connectivity index (χ3n) is 2.57. The van der Waals surface area contributed by atoms with E-state index in [-0.39, 0.29) is 0 Å². The first-order chi connectivity index (χ1) is 8.93. The van der Waals surface area contributed by atoms with E-state index in [0.717, 1.165) is 10.7 Å². The van der Waals surface area contributed by atoms with E-state index >= 15 is 0 Å². The summed E-state index contributed by atoms with van der Waals surface area (Å²) in [7, 11) is 0. The highest BCUT2D eigenvalue weighted by Crippen LogP contribution is 2.28. The molecule has 0 atom stereocenters. The molecule has 0 unspecified atom stereocenters. The number of nitrogens with zero attached hydrogens (tertiary/aromatic N) is 2. The fourth-order valence-electron chi connectivity index (χ4n) is 1.74. The number of rotatable bonds is 3. The SMILES string of the molecule is c1ccc(Sc2ccnn2-c2ccccc2)cc1. The highest BCUT2D eigenvalue weighted by Gasteiger charge is 2.05. The number of benzene rings is 2. The lowest BCUT2D eigenvalue weighted by Gasteiger charge is -2.06. The molecule has 2 nitrogen and oxygen atoms in total. The molecule has 0 bridgehead atoms. The van der Waals surface area contributed by atoms with Crippen molar-refractivity contribution in [3.63, 3.8) is 0 Å². The van der Waals surface area contributed by atoms with Gasteiger partial charge in [0, 0.05) is 4.90 Å². The van der Waals surface area contributed by atoms with E-state index < -0.39 is 0 Å². The molecule has 0 amide bonds. The molecule has 3 rings (SSSR count). The van der Waals surface area contributed by atoms with Crippen LogP contribution in [0.2, 0.25) is 0 Å². The molecule has 3 heteroatoms. The Hall–Kier alpha value is -2.00. The summed E-state index contributed by atoms with van der Waals surface area (Å²) in [4.78, 5) is 1.22. The minimum atomic E-state index is 1.08. The molecular formula is C15H12N2S. The number of aromatic nitrogens is 2. The maximum Gasteiger partial charge on any atom is 0.105 e. The topological polar surface area (TPSA) is 17.8 Å². The lowest BCUT2D eigenvalue weighted by atomic mass is 10.3. The van der Waals surface area contributed by atoms with Gasteiger partial charge in [0.15, 0.2) is 0 Å². The van der Waals surface area contributed by atoms with Gasteiger partial charge in [0.25, 0.3) is 0 Å². The number of hydrogen-bond donors (Lipinski definition) is 0. The maximum absolute atomic E-state index is 4.38. The first-order valence-corrected chi connectivity index (χ1v) is 6.57. The Kier molecular flexibility index (Phi) is 3.15.